The lowest BCUT2D eigenvalue weighted by Gasteiger charge is -2.31. The summed E-state index contributed by atoms with van der Waals surface area (Å²) in [5.41, 5.74) is 0.112. The number of rotatable bonds is 2. The molecule has 2 rings (SSSR count). The largest absolute Gasteiger partial charge is 0.481 e. The van der Waals surface area contributed by atoms with E-state index in [0.29, 0.717) is 19.4 Å². The Balaban J connectivity index is 2.25. The zero-order valence-electron chi connectivity index (χ0n) is 10.4. The fourth-order valence-corrected chi connectivity index (χ4v) is 2.85. The summed E-state index contributed by atoms with van der Waals surface area (Å²) >= 11 is 8.79. The number of carboxylic acids is 1. The fourth-order valence-electron chi connectivity index (χ4n) is 2.25. The molecule has 20 heavy (non-hydrogen) atoms. The quantitative estimate of drug-likeness (QED) is 0.820. The SMILES string of the molecule is O=C(O)C1CCCN(C(=O)c2cc(Cl)cc(F)c2Br)C1. The minimum Gasteiger partial charge on any atom is -0.481 e. The lowest BCUT2D eigenvalue weighted by Crippen LogP contribution is -2.42. The van der Waals surface area contributed by atoms with Gasteiger partial charge in [0.25, 0.3) is 5.91 Å². The van der Waals surface area contributed by atoms with Crippen LogP contribution in [0, 0.1) is 11.7 Å². The lowest BCUT2D eigenvalue weighted by molar-refractivity contribution is -0.143. The minimum atomic E-state index is -0.918. The second kappa shape index (κ2) is 6.10. The van der Waals surface area contributed by atoms with Crippen molar-refractivity contribution in [1.29, 1.82) is 0 Å². The number of benzene rings is 1. The summed E-state index contributed by atoms with van der Waals surface area (Å²) in [5.74, 6) is -2.52. The van der Waals surface area contributed by atoms with Gasteiger partial charge in [-0.15, -0.1) is 0 Å². The first kappa shape index (κ1) is 15.3. The maximum Gasteiger partial charge on any atom is 0.308 e. The van der Waals surface area contributed by atoms with Crippen LogP contribution >= 0.6 is 27.5 Å². The number of nitrogens with zero attached hydrogens (tertiary/aromatic N) is 1. The van der Waals surface area contributed by atoms with Crippen molar-refractivity contribution >= 4 is 39.4 Å². The van der Waals surface area contributed by atoms with Crippen LogP contribution in [0.15, 0.2) is 16.6 Å². The number of piperidine rings is 1. The Morgan fingerprint density at radius 1 is 1.45 bits per heavy atom. The second-order valence-electron chi connectivity index (χ2n) is 4.68. The summed E-state index contributed by atoms with van der Waals surface area (Å²) in [6.45, 7) is 0.595. The molecule has 1 unspecified atom stereocenters. The van der Waals surface area contributed by atoms with Crippen molar-refractivity contribution in [3.8, 4) is 0 Å². The smallest absolute Gasteiger partial charge is 0.308 e. The molecule has 1 aliphatic rings. The summed E-state index contributed by atoms with van der Waals surface area (Å²) < 4.78 is 13.6. The Morgan fingerprint density at radius 3 is 2.80 bits per heavy atom. The average molecular weight is 365 g/mol. The first-order valence-corrected chi connectivity index (χ1v) is 7.24. The molecular weight excluding hydrogens is 353 g/mol. The molecule has 1 aromatic carbocycles. The van der Waals surface area contributed by atoms with Crippen molar-refractivity contribution in [2.75, 3.05) is 13.1 Å². The topological polar surface area (TPSA) is 57.6 Å². The van der Waals surface area contributed by atoms with Gasteiger partial charge in [0.15, 0.2) is 0 Å². The molecule has 0 aromatic heterocycles. The molecule has 1 heterocycles. The Morgan fingerprint density at radius 2 is 2.15 bits per heavy atom. The molecule has 1 saturated heterocycles. The van der Waals surface area contributed by atoms with E-state index < -0.39 is 23.6 Å². The predicted octanol–water partition coefficient (Wildman–Crippen LogP) is 3.18. The molecule has 1 aromatic rings. The highest BCUT2D eigenvalue weighted by Gasteiger charge is 2.30. The minimum absolute atomic E-state index is 0.0457. The maximum absolute atomic E-state index is 13.6. The molecule has 1 N–H and O–H groups in total. The monoisotopic (exact) mass is 363 g/mol. The van der Waals surface area contributed by atoms with Crippen LogP contribution < -0.4 is 0 Å². The number of aliphatic carboxylic acids is 1. The van der Waals surface area contributed by atoms with Crippen LogP contribution in [0.25, 0.3) is 0 Å². The predicted molar refractivity (Wildman–Crippen MR) is 75.4 cm³/mol. The molecule has 0 aliphatic carbocycles. The normalized spacial score (nSPS) is 18.9. The van der Waals surface area contributed by atoms with Crippen LogP contribution in [-0.2, 0) is 4.79 Å². The highest BCUT2D eigenvalue weighted by molar-refractivity contribution is 9.10. The number of carbonyl (C=O) groups excluding carboxylic acids is 1. The summed E-state index contributed by atoms with van der Waals surface area (Å²) in [6.07, 6.45) is 1.16. The number of halogens is 3. The Bertz CT molecular complexity index is 567. The van der Waals surface area contributed by atoms with Gasteiger partial charge in [-0.05, 0) is 40.9 Å². The van der Waals surface area contributed by atoms with Gasteiger partial charge in [-0.1, -0.05) is 11.6 Å². The van der Waals surface area contributed by atoms with E-state index in [1.165, 1.54) is 11.0 Å². The maximum atomic E-state index is 13.6. The lowest BCUT2D eigenvalue weighted by atomic mass is 9.97. The molecule has 0 saturated carbocycles. The molecule has 1 atom stereocenters. The second-order valence-corrected chi connectivity index (χ2v) is 5.91. The van der Waals surface area contributed by atoms with Gasteiger partial charge in [-0.3, -0.25) is 9.59 Å². The van der Waals surface area contributed by atoms with Gasteiger partial charge in [0.05, 0.1) is 16.0 Å². The van der Waals surface area contributed by atoms with Gasteiger partial charge in [0.1, 0.15) is 5.82 Å². The van der Waals surface area contributed by atoms with E-state index in [4.69, 9.17) is 16.7 Å². The van der Waals surface area contributed by atoms with Gasteiger partial charge < -0.3 is 10.0 Å². The Hall–Kier alpha value is -1.14. The van der Waals surface area contributed by atoms with E-state index in [-0.39, 0.29) is 21.6 Å². The standard InChI is InChI=1S/C13H12BrClFNO3/c14-11-9(4-8(15)5-10(11)16)12(18)17-3-1-2-7(6-17)13(19)20/h4-5,7H,1-3,6H2,(H,19,20). The van der Waals surface area contributed by atoms with E-state index in [1.54, 1.807) is 0 Å². The molecule has 4 nitrogen and oxygen atoms in total. The summed E-state index contributed by atoms with van der Waals surface area (Å²) in [6, 6.07) is 2.49. The molecule has 1 aliphatic heterocycles. The number of hydrogen-bond donors (Lipinski definition) is 1. The molecule has 108 valence electrons. The van der Waals surface area contributed by atoms with Crippen LogP contribution in [0.4, 0.5) is 4.39 Å². The summed E-state index contributed by atoms with van der Waals surface area (Å²) in [7, 11) is 0. The van der Waals surface area contributed by atoms with E-state index in [1.807, 2.05) is 0 Å². The van der Waals surface area contributed by atoms with Crippen LogP contribution in [-0.4, -0.2) is 35.0 Å². The molecule has 0 radical (unpaired) electrons. The first-order chi connectivity index (χ1) is 9.40. The van der Waals surface area contributed by atoms with Crippen LogP contribution in [0.2, 0.25) is 5.02 Å². The zero-order chi connectivity index (χ0) is 14.9. The van der Waals surface area contributed by atoms with E-state index >= 15 is 0 Å². The molecular formula is C13H12BrClFNO3. The van der Waals surface area contributed by atoms with Crippen molar-refractivity contribution in [1.82, 2.24) is 4.90 Å². The van der Waals surface area contributed by atoms with Gasteiger partial charge in [-0.25, -0.2) is 4.39 Å². The molecule has 1 amide bonds. The third-order valence-electron chi connectivity index (χ3n) is 3.28. The number of carbonyl (C=O) groups is 2. The van der Waals surface area contributed by atoms with Crippen molar-refractivity contribution in [2.45, 2.75) is 12.8 Å². The third kappa shape index (κ3) is 3.12. The van der Waals surface area contributed by atoms with Crippen LogP contribution in [0.5, 0.6) is 0 Å². The van der Waals surface area contributed by atoms with Gasteiger partial charge >= 0.3 is 5.97 Å². The highest BCUT2D eigenvalue weighted by atomic mass is 79.9. The highest BCUT2D eigenvalue weighted by Crippen LogP contribution is 2.28. The first-order valence-electron chi connectivity index (χ1n) is 6.06. The average Bonchev–Trinajstić information content (AvgIpc) is 2.42. The van der Waals surface area contributed by atoms with Crippen molar-refractivity contribution in [3.05, 3.63) is 33.0 Å². The molecule has 0 bridgehead atoms. The van der Waals surface area contributed by atoms with Crippen LogP contribution in [0.1, 0.15) is 23.2 Å². The van der Waals surface area contributed by atoms with E-state index in [9.17, 15) is 14.0 Å². The van der Waals surface area contributed by atoms with E-state index in [0.717, 1.165) is 6.07 Å². The molecule has 7 heteroatoms. The Labute approximate surface area is 128 Å². The zero-order valence-corrected chi connectivity index (χ0v) is 12.7. The van der Waals surface area contributed by atoms with Gasteiger partial charge in [0, 0.05) is 18.1 Å². The molecule has 0 spiro atoms. The summed E-state index contributed by atoms with van der Waals surface area (Å²) in [5, 5.41) is 9.15. The Kier molecular flexibility index (Phi) is 4.65. The third-order valence-corrected chi connectivity index (χ3v) is 4.31. The van der Waals surface area contributed by atoms with Crippen molar-refractivity contribution < 1.29 is 19.1 Å². The van der Waals surface area contributed by atoms with Gasteiger partial charge in [0.2, 0.25) is 0 Å². The van der Waals surface area contributed by atoms with Gasteiger partial charge in [-0.2, -0.15) is 0 Å². The fraction of sp³-hybridized carbons (Fsp3) is 0.385. The number of likely N-dealkylation sites (tertiary alicyclic amines) is 1. The number of hydrogen-bond acceptors (Lipinski definition) is 2. The number of amides is 1. The van der Waals surface area contributed by atoms with Crippen molar-refractivity contribution in [2.24, 2.45) is 5.92 Å². The summed E-state index contributed by atoms with van der Waals surface area (Å²) in [4.78, 5) is 24.8. The van der Waals surface area contributed by atoms with Crippen molar-refractivity contribution in [3.63, 3.8) is 0 Å². The van der Waals surface area contributed by atoms with Crippen LogP contribution in [0.3, 0.4) is 0 Å². The van der Waals surface area contributed by atoms with E-state index in [2.05, 4.69) is 15.9 Å². The number of carboxylic acid groups (broad SMARTS) is 1. The molecule has 1 fully saturated rings.